The molecule has 0 radical (unpaired) electrons. The van der Waals surface area contributed by atoms with Crippen LogP contribution in [0.25, 0.3) is 0 Å². The van der Waals surface area contributed by atoms with Crippen LogP contribution in [0.1, 0.15) is 18.4 Å². The van der Waals surface area contributed by atoms with Crippen molar-refractivity contribution in [3.8, 4) is 11.5 Å². The van der Waals surface area contributed by atoms with Gasteiger partial charge < -0.3 is 25.6 Å². The molecule has 2 rings (SSSR count). The Morgan fingerprint density at radius 2 is 2.19 bits per heavy atom. The number of carbonyl (C=O) groups is 1. The van der Waals surface area contributed by atoms with E-state index in [9.17, 15) is 4.79 Å². The number of carbonyl (C=O) groups excluding carboxylic acids is 1. The first kappa shape index (κ1) is 15.6. The number of methoxy groups -OCH3 is 1. The number of benzene rings is 1. The molecule has 0 saturated heterocycles. The number of nitrogens with one attached hydrogen (secondary N) is 1. The van der Waals surface area contributed by atoms with Gasteiger partial charge in [0.05, 0.1) is 13.7 Å². The van der Waals surface area contributed by atoms with Crippen molar-refractivity contribution < 1.29 is 19.4 Å². The van der Waals surface area contributed by atoms with Crippen molar-refractivity contribution in [2.45, 2.75) is 25.0 Å². The van der Waals surface area contributed by atoms with E-state index in [4.69, 9.17) is 20.3 Å². The Bertz CT molecular complexity index is 516. The summed E-state index contributed by atoms with van der Waals surface area (Å²) in [5.41, 5.74) is 5.44. The number of ether oxygens (including phenoxy) is 2. The van der Waals surface area contributed by atoms with Gasteiger partial charge >= 0.3 is 0 Å². The number of amides is 1. The van der Waals surface area contributed by atoms with E-state index in [0.717, 1.165) is 18.4 Å². The molecule has 0 aliphatic heterocycles. The largest absolute Gasteiger partial charge is 0.493 e. The zero-order valence-corrected chi connectivity index (χ0v) is 12.4. The molecule has 1 unspecified atom stereocenters. The first-order valence-corrected chi connectivity index (χ1v) is 6.96. The molecule has 1 aliphatic carbocycles. The lowest BCUT2D eigenvalue weighted by Gasteiger charge is -2.30. The van der Waals surface area contributed by atoms with Gasteiger partial charge in [-0.05, 0) is 43.5 Å². The van der Waals surface area contributed by atoms with Gasteiger partial charge in [0.15, 0.2) is 11.5 Å². The van der Waals surface area contributed by atoms with Crippen molar-refractivity contribution in [3.05, 3.63) is 23.8 Å². The molecular weight excluding hydrogens is 272 g/mol. The van der Waals surface area contributed by atoms with Crippen molar-refractivity contribution in [1.82, 2.24) is 5.32 Å². The Morgan fingerprint density at radius 3 is 2.67 bits per heavy atom. The van der Waals surface area contributed by atoms with Gasteiger partial charge in [-0.25, -0.2) is 0 Å². The fraction of sp³-hybridized carbons (Fsp3) is 0.533. The Morgan fingerprint density at radius 1 is 1.48 bits per heavy atom. The van der Waals surface area contributed by atoms with Gasteiger partial charge in [-0.3, -0.25) is 4.79 Å². The summed E-state index contributed by atoms with van der Waals surface area (Å²) < 4.78 is 11.0. The fourth-order valence-corrected chi connectivity index (χ4v) is 2.49. The van der Waals surface area contributed by atoms with E-state index in [-0.39, 0.29) is 19.1 Å². The van der Waals surface area contributed by atoms with Gasteiger partial charge in [0.2, 0.25) is 5.91 Å². The highest BCUT2D eigenvalue weighted by Gasteiger charge is 2.49. The monoisotopic (exact) mass is 294 g/mol. The highest BCUT2D eigenvalue weighted by molar-refractivity contribution is 5.85. The van der Waals surface area contributed by atoms with Crippen molar-refractivity contribution in [2.24, 2.45) is 11.7 Å². The number of primary amides is 1. The summed E-state index contributed by atoms with van der Waals surface area (Å²) >= 11 is 0. The van der Waals surface area contributed by atoms with E-state index in [1.165, 1.54) is 7.11 Å². The predicted molar refractivity (Wildman–Crippen MR) is 78.1 cm³/mol. The summed E-state index contributed by atoms with van der Waals surface area (Å²) in [5.74, 6) is 0.851. The summed E-state index contributed by atoms with van der Waals surface area (Å²) in [6.45, 7) is 0.0821. The minimum atomic E-state index is -0.847. The second kappa shape index (κ2) is 6.32. The molecule has 1 aromatic rings. The van der Waals surface area contributed by atoms with E-state index in [1.54, 1.807) is 25.2 Å². The molecule has 0 aromatic heterocycles. The van der Waals surface area contributed by atoms with Crippen molar-refractivity contribution in [2.75, 3.05) is 20.8 Å². The zero-order chi connectivity index (χ0) is 15.5. The van der Waals surface area contributed by atoms with Crippen LogP contribution >= 0.6 is 0 Å². The lowest BCUT2D eigenvalue weighted by Crippen LogP contribution is -2.59. The highest BCUT2D eigenvalue weighted by Crippen LogP contribution is 2.40. The molecular formula is C15H22N2O4. The van der Waals surface area contributed by atoms with Crippen LogP contribution in [0.2, 0.25) is 0 Å². The molecule has 0 bridgehead atoms. The highest BCUT2D eigenvalue weighted by atomic mass is 16.5. The van der Waals surface area contributed by atoms with Crippen LogP contribution in [0.5, 0.6) is 11.5 Å². The van der Waals surface area contributed by atoms with Gasteiger partial charge in [-0.2, -0.15) is 0 Å². The molecule has 116 valence electrons. The SMILES string of the molecule is CNC(COc1ccc(CO)cc1OC)(C(N)=O)C1CC1. The van der Waals surface area contributed by atoms with E-state index >= 15 is 0 Å². The van der Waals surface area contributed by atoms with Crippen molar-refractivity contribution in [3.63, 3.8) is 0 Å². The minimum Gasteiger partial charge on any atom is -0.493 e. The number of hydrogen-bond donors (Lipinski definition) is 3. The zero-order valence-electron chi connectivity index (χ0n) is 12.4. The normalized spacial score (nSPS) is 17.1. The molecule has 6 nitrogen and oxygen atoms in total. The lowest BCUT2D eigenvalue weighted by atomic mass is 9.93. The number of aliphatic hydroxyl groups is 1. The fourth-order valence-electron chi connectivity index (χ4n) is 2.49. The third kappa shape index (κ3) is 3.11. The summed E-state index contributed by atoms with van der Waals surface area (Å²) in [4.78, 5) is 11.8. The molecule has 4 N–H and O–H groups in total. The van der Waals surface area contributed by atoms with E-state index in [0.29, 0.717) is 11.5 Å². The van der Waals surface area contributed by atoms with Crippen LogP contribution in [-0.4, -0.2) is 37.3 Å². The Kier molecular flexibility index (Phi) is 4.69. The topological polar surface area (TPSA) is 93.8 Å². The van der Waals surface area contributed by atoms with Crippen molar-refractivity contribution >= 4 is 5.91 Å². The summed E-state index contributed by atoms with van der Waals surface area (Å²) in [7, 11) is 3.25. The third-order valence-corrected chi connectivity index (χ3v) is 4.03. The van der Waals surface area contributed by atoms with Crippen LogP contribution in [0.15, 0.2) is 18.2 Å². The molecule has 1 saturated carbocycles. The van der Waals surface area contributed by atoms with Crippen LogP contribution in [-0.2, 0) is 11.4 Å². The number of hydrogen-bond acceptors (Lipinski definition) is 5. The van der Waals surface area contributed by atoms with Crippen LogP contribution in [0.4, 0.5) is 0 Å². The van der Waals surface area contributed by atoms with Crippen molar-refractivity contribution in [1.29, 1.82) is 0 Å². The molecule has 0 spiro atoms. The minimum absolute atomic E-state index is 0.0690. The quantitative estimate of drug-likeness (QED) is 0.646. The molecule has 1 amide bonds. The molecule has 21 heavy (non-hydrogen) atoms. The Balaban J connectivity index is 2.16. The number of rotatable bonds is 8. The van der Waals surface area contributed by atoms with E-state index in [1.807, 2.05) is 0 Å². The van der Waals surface area contributed by atoms with Gasteiger partial charge in [0.25, 0.3) is 0 Å². The second-order valence-corrected chi connectivity index (χ2v) is 5.29. The van der Waals surface area contributed by atoms with Gasteiger partial charge in [0, 0.05) is 0 Å². The summed E-state index contributed by atoms with van der Waals surface area (Å²) in [6, 6.07) is 5.18. The average molecular weight is 294 g/mol. The molecule has 6 heteroatoms. The van der Waals surface area contributed by atoms with Gasteiger partial charge in [0.1, 0.15) is 12.1 Å². The third-order valence-electron chi connectivity index (χ3n) is 4.03. The van der Waals surface area contributed by atoms with Gasteiger partial charge in [-0.15, -0.1) is 0 Å². The smallest absolute Gasteiger partial charge is 0.241 e. The maximum absolute atomic E-state index is 11.8. The Labute approximate surface area is 124 Å². The number of likely N-dealkylation sites (N-methyl/N-ethyl adjacent to an activating group) is 1. The molecule has 1 aliphatic rings. The maximum Gasteiger partial charge on any atom is 0.241 e. The summed E-state index contributed by atoms with van der Waals surface area (Å²) in [6.07, 6.45) is 1.93. The van der Waals surface area contributed by atoms with Crippen LogP contribution < -0.4 is 20.5 Å². The van der Waals surface area contributed by atoms with E-state index < -0.39 is 11.4 Å². The maximum atomic E-state index is 11.8. The van der Waals surface area contributed by atoms with Crippen LogP contribution in [0.3, 0.4) is 0 Å². The standard InChI is InChI=1S/C15H22N2O4/c1-17-15(14(16)19,11-4-5-11)9-21-12-6-3-10(8-18)7-13(12)20-2/h3,6-7,11,17-18H,4-5,8-9H2,1-2H3,(H2,16,19). The first-order valence-electron chi connectivity index (χ1n) is 6.96. The summed E-state index contributed by atoms with van der Waals surface area (Å²) in [5, 5.41) is 12.2. The average Bonchev–Trinajstić information content (AvgIpc) is 3.33. The Hall–Kier alpha value is -1.79. The first-order chi connectivity index (χ1) is 10.1. The van der Waals surface area contributed by atoms with E-state index in [2.05, 4.69) is 5.32 Å². The van der Waals surface area contributed by atoms with Gasteiger partial charge in [-0.1, -0.05) is 6.07 Å². The molecule has 1 aromatic carbocycles. The number of aliphatic hydroxyl groups excluding tert-OH is 1. The second-order valence-electron chi connectivity index (χ2n) is 5.29. The molecule has 1 fully saturated rings. The molecule has 0 heterocycles. The molecule has 1 atom stereocenters. The lowest BCUT2D eigenvalue weighted by molar-refractivity contribution is -0.126. The van der Waals surface area contributed by atoms with Crippen LogP contribution in [0, 0.1) is 5.92 Å². The predicted octanol–water partition coefficient (Wildman–Crippen LogP) is 0.420. The number of nitrogens with two attached hydrogens (primary N) is 1.